The number of hydrogen-bond donors (Lipinski definition) is 1. The zero-order valence-electron chi connectivity index (χ0n) is 11.4. The van der Waals surface area contributed by atoms with E-state index in [0.29, 0.717) is 22.6 Å². The molecule has 2 amide bonds. The summed E-state index contributed by atoms with van der Waals surface area (Å²) in [5.41, 5.74) is 7.23. The molecule has 0 spiro atoms. The Morgan fingerprint density at radius 3 is 2.67 bits per heavy atom. The number of primary amides is 1. The van der Waals surface area contributed by atoms with Gasteiger partial charge in [-0.2, -0.15) is 0 Å². The monoisotopic (exact) mass is 282 g/mol. The van der Waals surface area contributed by atoms with Gasteiger partial charge < -0.3 is 10.5 Å². The summed E-state index contributed by atoms with van der Waals surface area (Å²) in [7, 11) is 1.55. The van der Waals surface area contributed by atoms with Crippen molar-refractivity contribution >= 4 is 17.5 Å². The third-order valence-corrected chi connectivity index (χ3v) is 3.56. The molecule has 0 aromatic heterocycles. The first kappa shape index (κ1) is 13.2. The van der Waals surface area contributed by atoms with Gasteiger partial charge in [0.25, 0.3) is 5.91 Å². The van der Waals surface area contributed by atoms with E-state index in [2.05, 4.69) is 0 Å². The smallest absolute Gasteiger partial charge is 0.259 e. The molecule has 1 atom stereocenters. The molecule has 2 N–H and O–H groups in total. The summed E-state index contributed by atoms with van der Waals surface area (Å²) in [6.45, 7) is 0. The van der Waals surface area contributed by atoms with E-state index in [1.165, 1.54) is 4.90 Å². The van der Waals surface area contributed by atoms with Gasteiger partial charge in [-0.15, -0.1) is 0 Å². The molecule has 1 unspecified atom stereocenters. The Morgan fingerprint density at radius 1 is 1.19 bits per heavy atom. The number of anilines is 1. The predicted molar refractivity (Wildman–Crippen MR) is 78.2 cm³/mol. The summed E-state index contributed by atoms with van der Waals surface area (Å²) in [5.74, 6) is -0.182. The second-order valence-corrected chi connectivity index (χ2v) is 4.77. The number of benzene rings is 2. The van der Waals surface area contributed by atoms with Crippen molar-refractivity contribution in [3.8, 4) is 5.75 Å². The van der Waals surface area contributed by atoms with E-state index in [1.807, 2.05) is 0 Å². The number of fused-ring (bicyclic) bond motifs is 1. The average Bonchev–Trinajstić information content (AvgIpc) is 2.81. The van der Waals surface area contributed by atoms with Crippen LogP contribution >= 0.6 is 0 Å². The Kier molecular flexibility index (Phi) is 3.10. The summed E-state index contributed by atoms with van der Waals surface area (Å²) in [6.07, 6.45) is 0. The Labute approximate surface area is 121 Å². The third-order valence-electron chi connectivity index (χ3n) is 3.56. The number of amides is 2. The maximum atomic E-state index is 12.6. The lowest BCUT2D eigenvalue weighted by Crippen LogP contribution is -2.36. The van der Waals surface area contributed by atoms with Crippen LogP contribution in [0, 0.1) is 0 Å². The Bertz CT molecular complexity index is 727. The SMILES string of the molecule is COc1cccc(N2C(=O)c3ccccc3C2C(N)=O)c1. The first-order chi connectivity index (χ1) is 10.1. The predicted octanol–water partition coefficient (Wildman–Crippen LogP) is 1.88. The minimum absolute atomic E-state index is 0.234. The highest BCUT2D eigenvalue weighted by molar-refractivity contribution is 6.15. The number of methoxy groups -OCH3 is 1. The van der Waals surface area contributed by atoms with E-state index in [9.17, 15) is 9.59 Å². The van der Waals surface area contributed by atoms with Crippen LogP contribution in [0.3, 0.4) is 0 Å². The Balaban J connectivity index is 2.14. The fraction of sp³-hybridized carbons (Fsp3) is 0.125. The topological polar surface area (TPSA) is 72.6 Å². The van der Waals surface area contributed by atoms with Crippen LogP contribution in [0.2, 0.25) is 0 Å². The van der Waals surface area contributed by atoms with E-state index in [0.717, 1.165) is 0 Å². The first-order valence-corrected chi connectivity index (χ1v) is 6.49. The zero-order valence-corrected chi connectivity index (χ0v) is 11.4. The van der Waals surface area contributed by atoms with Crippen molar-refractivity contribution in [1.29, 1.82) is 0 Å². The third kappa shape index (κ3) is 2.03. The molecule has 0 bridgehead atoms. The molecule has 1 aliphatic rings. The fourth-order valence-electron chi connectivity index (χ4n) is 2.62. The van der Waals surface area contributed by atoms with Gasteiger partial charge >= 0.3 is 0 Å². The summed E-state index contributed by atoms with van der Waals surface area (Å²) >= 11 is 0. The van der Waals surface area contributed by atoms with Crippen LogP contribution in [-0.4, -0.2) is 18.9 Å². The van der Waals surface area contributed by atoms with Crippen molar-refractivity contribution in [2.75, 3.05) is 12.0 Å². The number of ether oxygens (including phenoxy) is 1. The molecule has 21 heavy (non-hydrogen) atoms. The molecule has 1 aliphatic heterocycles. The van der Waals surface area contributed by atoms with Crippen molar-refractivity contribution in [3.05, 3.63) is 59.7 Å². The summed E-state index contributed by atoms with van der Waals surface area (Å²) in [5, 5.41) is 0. The number of carbonyl (C=O) groups excluding carboxylic acids is 2. The van der Waals surface area contributed by atoms with Crippen molar-refractivity contribution in [2.24, 2.45) is 5.73 Å². The van der Waals surface area contributed by atoms with Gasteiger partial charge in [0, 0.05) is 17.3 Å². The summed E-state index contributed by atoms with van der Waals surface area (Å²) in [6, 6.07) is 13.2. The lowest BCUT2D eigenvalue weighted by atomic mass is 10.0. The van der Waals surface area contributed by atoms with E-state index >= 15 is 0 Å². The standard InChI is InChI=1S/C16H14N2O3/c1-21-11-6-4-5-10(9-11)18-14(15(17)19)12-7-2-3-8-13(12)16(18)20/h2-9,14H,1H3,(H2,17,19). The van der Waals surface area contributed by atoms with Gasteiger partial charge in [-0.3, -0.25) is 14.5 Å². The second kappa shape index (κ2) is 4.94. The number of rotatable bonds is 3. The van der Waals surface area contributed by atoms with Gasteiger partial charge in [0.15, 0.2) is 0 Å². The maximum Gasteiger partial charge on any atom is 0.259 e. The normalized spacial score (nSPS) is 16.7. The molecular formula is C16H14N2O3. The van der Waals surface area contributed by atoms with Crippen molar-refractivity contribution in [3.63, 3.8) is 0 Å². The van der Waals surface area contributed by atoms with E-state index < -0.39 is 11.9 Å². The van der Waals surface area contributed by atoms with Crippen LogP contribution in [0.15, 0.2) is 48.5 Å². The van der Waals surface area contributed by atoms with Crippen LogP contribution in [0.25, 0.3) is 0 Å². The van der Waals surface area contributed by atoms with Crippen LogP contribution in [0.5, 0.6) is 5.75 Å². The average molecular weight is 282 g/mol. The molecule has 0 saturated heterocycles. The molecule has 5 heteroatoms. The fourth-order valence-corrected chi connectivity index (χ4v) is 2.62. The zero-order chi connectivity index (χ0) is 15.0. The number of nitrogens with zero attached hydrogens (tertiary/aromatic N) is 1. The molecule has 1 heterocycles. The molecule has 2 aromatic carbocycles. The van der Waals surface area contributed by atoms with Crippen LogP contribution in [0.4, 0.5) is 5.69 Å². The first-order valence-electron chi connectivity index (χ1n) is 6.49. The minimum atomic E-state index is -0.791. The summed E-state index contributed by atoms with van der Waals surface area (Å²) < 4.78 is 5.17. The Hall–Kier alpha value is -2.82. The molecular weight excluding hydrogens is 268 g/mol. The lowest BCUT2D eigenvalue weighted by Gasteiger charge is -2.23. The number of hydrogen-bond acceptors (Lipinski definition) is 3. The Morgan fingerprint density at radius 2 is 1.95 bits per heavy atom. The van der Waals surface area contributed by atoms with E-state index in [-0.39, 0.29) is 5.91 Å². The van der Waals surface area contributed by atoms with Gasteiger partial charge in [-0.05, 0) is 23.8 Å². The minimum Gasteiger partial charge on any atom is -0.497 e. The lowest BCUT2D eigenvalue weighted by molar-refractivity contribution is -0.119. The van der Waals surface area contributed by atoms with Crippen LogP contribution in [0.1, 0.15) is 22.0 Å². The maximum absolute atomic E-state index is 12.6. The van der Waals surface area contributed by atoms with E-state index in [1.54, 1.807) is 55.6 Å². The van der Waals surface area contributed by atoms with E-state index in [4.69, 9.17) is 10.5 Å². The molecule has 2 aromatic rings. The highest BCUT2D eigenvalue weighted by Crippen LogP contribution is 2.38. The molecule has 5 nitrogen and oxygen atoms in total. The van der Waals surface area contributed by atoms with Crippen molar-refractivity contribution < 1.29 is 14.3 Å². The van der Waals surface area contributed by atoms with Gasteiger partial charge in [0.1, 0.15) is 11.8 Å². The highest BCUT2D eigenvalue weighted by Gasteiger charge is 2.40. The number of carbonyl (C=O) groups is 2. The molecule has 106 valence electrons. The number of nitrogens with two attached hydrogens (primary N) is 1. The van der Waals surface area contributed by atoms with Gasteiger partial charge in [-0.1, -0.05) is 24.3 Å². The van der Waals surface area contributed by atoms with Crippen molar-refractivity contribution in [1.82, 2.24) is 0 Å². The van der Waals surface area contributed by atoms with Gasteiger partial charge in [0.2, 0.25) is 5.91 Å². The highest BCUT2D eigenvalue weighted by atomic mass is 16.5. The molecule has 0 saturated carbocycles. The van der Waals surface area contributed by atoms with Gasteiger partial charge in [-0.25, -0.2) is 0 Å². The molecule has 3 rings (SSSR count). The van der Waals surface area contributed by atoms with Crippen molar-refractivity contribution in [2.45, 2.75) is 6.04 Å². The second-order valence-electron chi connectivity index (χ2n) is 4.77. The molecule has 0 aliphatic carbocycles. The van der Waals surface area contributed by atoms with Crippen LogP contribution < -0.4 is 15.4 Å². The molecule has 0 fully saturated rings. The molecule has 0 radical (unpaired) electrons. The quantitative estimate of drug-likeness (QED) is 0.934. The largest absolute Gasteiger partial charge is 0.497 e. The summed E-state index contributed by atoms with van der Waals surface area (Å²) in [4.78, 5) is 25.8. The van der Waals surface area contributed by atoms with Crippen LogP contribution in [-0.2, 0) is 4.79 Å². The van der Waals surface area contributed by atoms with Gasteiger partial charge in [0.05, 0.1) is 7.11 Å².